The third-order valence-electron chi connectivity index (χ3n) is 34.7. The summed E-state index contributed by atoms with van der Waals surface area (Å²) >= 11 is 0. The lowest BCUT2D eigenvalue weighted by molar-refractivity contribution is -0.0461. The van der Waals surface area contributed by atoms with E-state index in [1.54, 1.807) is 53.1 Å². The number of ether oxygens (including phenoxy) is 1. The van der Waals surface area contributed by atoms with Gasteiger partial charge in [-0.2, -0.15) is 0 Å². The Kier molecular flexibility index (Phi) is 27.5. The van der Waals surface area contributed by atoms with Gasteiger partial charge in [0.05, 0.1) is 62.5 Å². The summed E-state index contributed by atoms with van der Waals surface area (Å²) in [4.78, 5) is 0.847. The number of hydrogen-bond donors (Lipinski definition) is 5. The van der Waals surface area contributed by atoms with Gasteiger partial charge < -0.3 is 30.3 Å². The van der Waals surface area contributed by atoms with Gasteiger partial charge in [0, 0.05) is 0 Å². The molecule has 0 radical (unpaired) electrons. The van der Waals surface area contributed by atoms with E-state index in [4.69, 9.17) is 4.74 Å². The molecule has 0 aromatic heterocycles. The van der Waals surface area contributed by atoms with Crippen molar-refractivity contribution < 1.29 is 47.1 Å². The zero-order valence-corrected chi connectivity index (χ0v) is 71.3. The largest absolute Gasteiger partial charge is 0.393 e. The molecule has 108 heavy (non-hydrogen) atoms. The first kappa shape index (κ1) is 84.7. The highest BCUT2D eigenvalue weighted by molar-refractivity contribution is 7.92. The third kappa shape index (κ3) is 17.8. The predicted molar refractivity (Wildman–Crippen MR) is 441 cm³/mol. The molecule has 0 bridgehead atoms. The average molecular weight is 1530 g/mol. The Morgan fingerprint density at radius 2 is 0.824 bits per heavy atom. The van der Waals surface area contributed by atoms with Crippen molar-refractivity contribution in [1.29, 1.82) is 0 Å². The second kappa shape index (κ2) is 35.0. The van der Waals surface area contributed by atoms with Crippen molar-refractivity contribution in [2.24, 2.45) is 123 Å². The second-order valence-electron chi connectivity index (χ2n) is 40.0. The normalized spacial score (nSPS) is 40.8. The molecule has 12 heteroatoms. The van der Waals surface area contributed by atoms with Gasteiger partial charge in [0.25, 0.3) is 0 Å². The van der Waals surface area contributed by atoms with Crippen molar-refractivity contribution in [1.82, 2.24) is 0 Å². The van der Waals surface area contributed by atoms with Gasteiger partial charge in [0.2, 0.25) is 0 Å². The van der Waals surface area contributed by atoms with Crippen molar-refractivity contribution in [2.75, 3.05) is 12.4 Å². The molecule has 1 unspecified atom stereocenters. The van der Waals surface area contributed by atoms with Gasteiger partial charge in [0.15, 0.2) is 19.7 Å². The van der Waals surface area contributed by atoms with Crippen molar-refractivity contribution in [3.05, 3.63) is 95.6 Å². The highest BCUT2D eigenvalue weighted by Crippen LogP contribution is 2.69. The molecule has 10 fully saturated rings. The number of epoxide rings is 1. The van der Waals surface area contributed by atoms with Gasteiger partial charge in [-0.15, -0.1) is 0 Å². The van der Waals surface area contributed by atoms with Crippen LogP contribution in [-0.2, 0) is 24.4 Å². The van der Waals surface area contributed by atoms with Crippen LogP contribution in [0.15, 0.2) is 105 Å². The lowest BCUT2D eigenvalue weighted by atomic mass is 9.50. The first-order chi connectivity index (χ1) is 51.4. The van der Waals surface area contributed by atoms with Gasteiger partial charge in [-0.25, -0.2) is 16.8 Å². The van der Waals surface area contributed by atoms with Gasteiger partial charge in [-0.3, -0.25) is 0 Å². The summed E-state index contributed by atoms with van der Waals surface area (Å²) in [5.41, 5.74) is 4.49. The van der Waals surface area contributed by atoms with Crippen LogP contribution < -0.4 is 0 Å². The molecule has 2 aromatic rings. The van der Waals surface area contributed by atoms with E-state index < -0.39 is 47.8 Å². The van der Waals surface area contributed by atoms with Crippen molar-refractivity contribution in [3.8, 4) is 0 Å². The Balaban J connectivity index is 0.000000147. The summed E-state index contributed by atoms with van der Waals surface area (Å²) in [6, 6.07) is 17.8. The molecular formula is C96H152O10S2. The van der Waals surface area contributed by atoms with E-state index in [0.717, 1.165) is 168 Å². The fourth-order valence-electron chi connectivity index (χ4n) is 27.8. The van der Waals surface area contributed by atoms with Crippen LogP contribution in [0, 0.1) is 123 Å². The Labute approximate surface area is 657 Å². The van der Waals surface area contributed by atoms with E-state index in [2.05, 4.69) is 94.4 Å². The fourth-order valence-corrected chi connectivity index (χ4v) is 31.2. The molecule has 5 N–H and O–H groups in total. The summed E-state index contributed by atoms with van der Waals surface area (Å²) in [6.07, 6.45) is 46.7. The predicted octanol–water partition coefficient (Wildman–Crippen LogP) is 21.9. The lowest BCUT2D eigenvalue weighted by Gasteiger charge is -2.55. The molecule has 1 saturated heterocycles. The van der Waals surface area contributed by atoms with E-state index in [-0.39, 0.29) is 17.3 Å². The highest BCUT2D eigenvalue weighted by Gasteiger charge is 2.61. The molecule has 0 spiro atoms. The SMILES string of the molecule is CC[C@@H](O)CC(C[C@@H](C)[C@H]1CC[C@H]2[C@@H]3CC=C4C[C@](O)(CC)CC[C@@H]4[C@H]3CC[C@]12C)S(=O)(=O)c1ccccc1.CC[C@@H](O)CCC[C@@H](C)[C@H]1CC[C@H]2[C@@H]3CC=C4C[C@](O)(CC)CC[C@@H]4[C@H]3CC[C@]12C.CC[C@@H]1CO1.CC[C@]1(O)CC[C@H]2C(=CC[C@@H]3[C@@H]2CC[C@]2(C)[C@@H]([C@H](C)CCS(=O)(=O)c4ccccc4)CC[C@@H]32)C1. The summed E-state index contributed by atoms with van der Waals surface area (Å²) in [5.74, 6) is 13.2. The molecule has 10 nitrogen and oxygen atoms in total. The summed E-state index contributed by atoms with van der Waals surface area (Å²) < 4.78 is 58.1. The maximum atomic E-state index is 13.8. The van der Waals surface area contributed by atoms with Crippen molar-refractivity contribution in [3.63, 3.8) is 0 Å². The Morgan fingerprint density at radius 3 is 1.19 bits per heavy atom. The monoisotopic (exact) mass is 1530 g/mol. The minimum Gasteiger partial charge on any atom is -0.393 e. The van der Waals surface area contributed by atoms with Crippen molar-refractivity contribution in [2.45, 2.75) is 364 Å². The summed E-state index contributed by atoms with van der Waals surface area (Å²) in [5, 5.41) is 52.7. The quantitative estimate of drug-likeness (QED) is 0.0530. The zero-order chi connectivity index (χ0) is 77.4. The molecule has 15 rings (SSSR count). The molecule has 1 aliphatic heterocycles. The number of hydrogen-bond acceptors (Lipinski definition) is 10. The summed E-state index contributed by atoms with van der Waals surface area (Å²) in [7, 11) is -6.72. The number of benzene rings is 2. The van der Waals surface area contributed by atoms with E-state index in [1.165, 1.54) is 116 Å². The van der Waals surface area contributed by atoms with Crippen LogP contribution in [0.25, 0.3) is 0 Å². The van der Waals surface area contributed by atoms with Crippen LogP contribution in [0.2, 0.25) is 0 Å². The fraction of sp³-hybridized carbons (Fsp3) is 0.812. The Hall–Kier alpha value is -2.68. The third-order valence-corrected chi connectivity index (χ3v) is 38.6. The van der Waals surface area contributed by atoms with Crippen LogP contribution in [0.5, 0.6) is 0 Å². The molecule has 0 amide bonds. The van der Waals surface area contributed by atoms with E-state index >= 15 is 0 Å². The molecule has 2 aromatic carbocycles. The lowest BCUT2D eigenvalue weighted by Crippen LogP contribution is -2.48. The van der Waals surface area contributed by atoms with Crippen LogP contribution in [0.3, 0.4) is 0 Å². The molecule has 1 heterocycles. The van der Waals surface area contributed by atoms with Gasteiger partial charge in [0.1, 0.15) is 0 Å². The molecule has 608 valence electrons. The first-order valence-corrected chi connectivity index (χ1v) is 48.4. The molecule has 28 atom stereocenters. The number of aliphatic hydroxyl groups excluding tert-OH is 2. The van der Waals surface area contributed by atoms with Crippen LogP contribution in [-0.4, -0.2) is 95.1 Å². The molecular weight excluding hydrogens is 1380 g/mol. The molecule has 13 aliphatic rings. The molecule has 12 aliphatic carbocycles. The smallest absolute Gasteiger partial charge is 0.181 e. The standard InChI is InChI=1S/C34H52O4S.C30H44O3S.C28H48O2.C4H8O/c1-5-25(35)21-27(39(37,38)26-10-8-7-9-11-26)20-23(3)31-14-15-32-30-13-12-24-22-34(36,6-2)19-17-28(24)29(30)16-18-33(31,32)4;1-4-30(31)18-15-24-22(20-30)10-11-26-25(24)14-17-29(3)27(12-13-28(26)29)21(2)16-19-34(32,33)23-8-6-5-7-9-23;1-5-21(29)9-7-8-19(3)25-12-13-26-24-11-10-20-18-28(30,6-2)17-15-22(20)23(24)14-16-27(25,26)4;1-2-4-3-5-4/h7-12,23,25,27-32,35-36H,5-6,13-22H2,1-4H3;5-10,21,24-28,31H,4,11-20H2,1-3H3;10,19,21-26,29-30H,5-9,11-18H2,1-4H3;4H,2-3H2,1H3/t23-,25-,27?,28+,29-,30-,31-,32+,33-,34+;21-,24+,25-,26-,27-,28+,29-,30+;19-,21-,22+,23-,24-,25-,26+,27-,28+;4-/m1111/s1. The molecule has 9 saturated carbocycles. The van der Waals surface area contributed by atoms with Crippen LogP contribution >= 0.6 is 0 Å². The van der Waals surface area contributed by atoms with E-state index in [1.807, 2.05) is 31.2 Å². The van der Waals surface area contributed by atoms with Crippen LogP contribution in [0.4, 0.5) is 0 Å². The highest BCUT2D eigenvalue weighted by atomic mass is 32.2. The number of fused-ring (bicyclic) bond motifs is 15. The van der Waals surface area contributed by atoms with Gasteiger partial charge >= 0.3 is 0 Å². The second-order valence-corrected chi connectivity index (χ2v) is 44.3. The van der Waals surface area contributed by atoms with Crippen molar-refractivity contribution >= 4 is 19.7 Å². The maximum Gasteiger partial charge on any atom is 0.181 e. The van der Waals surface area contributed by atoms with Gasteiger partial charge in [-0.05, 0) is 365 Å². The van der Waals surface area contributed by atoms with E-state index in [9.17, 15) is 42.4 Å². The average Bonchev–Trinajstić information content (AvgIpc) is 1.56. The number of aliphatic hydroxyl groups is 5. The minimum atomic E-state index is -3.51. The number of sulfone groups is 2. The number of allylic oxidation sites excluding steroid dienone is 3. The summed E-state index contributed by atoms with van der Waals surface area (Å²) in [6.45, 7) is 28.4. The Bertz CT molecular complexity index is 3590. The Morgan fingerprint density at radius 1 is 0.444 bits per heavy atom. The van der Waals surface area contributed by atoms with Crippen LogP contribution in [0.1, 0.15) is 314 Å². The van der Waals surface area contributed by atoms with Gasteiger partial charge in [-0.1, -0.05) is 167 Å². The topological polar surface area (TPSA) is 182 Å². The minimum absolute atomic E-state index is 0.0939. The maximum absolute atomic E-state index is 13.8. The van der Waals surface area contributed by atoms with E-state index in [0.29, 0.717) is 87.4 Å². The number of rotatable bonds is 23. The zero-order valence-electron chi connectivity index (χ0n) is 69.7. The first-order valence-electron chi connectivity index (χ1n) is 45.2.